The summed E-state index contributed by atoms with van der Waals surface area (Å²) in [6.07, 6.45) is 12.3. The summed E-state index contributed by atoms with van der Waals surface area (Å²) in [5.41, 5.74) is 1.91. The second-order valence-electron chi connectivity index (χ2n) is 9.22. The maximum absolute atomic E-state index is 12.7. The van der Waals surface area contributed by atoms with Gasteiger partial charge in [0.05, 0.1) is 18.2 Å². The van der Waals surface area contributed by atoms with Crippen molar-refractivity contribution in [3.63, 3.8) is 0 Å². The molecule has 0 radical (unpaired) electrons. The van der Waals surface area contributed by atoms with Crippen LogP contribution in [0, 0.1) is 0 Å². The Balaban J connectivity index is 1.18. The summed E-state index contributed by atoms with van der Waals surface area (Å²) in [4.78, 5) is 50.6. The molecular formula is C25H30N8O3. The molecule has 0 spiro atoms. The van der Waals surface area contributed by atoms with E-state index in [1.807, 2.05) is 6.07 Å². The largest absolute Gasteiger partial charge is 0.368 e. The summed E-state index contributed by atoms with van der Waals surface area (Å²) in [5, 5.41) is 2.77. The van der Waals surface area contributed by atoms with E-state index in [9.17, 15) is 14.4 Å². The Hall–Kier alpha value is -3.99. The van der Waals surface area contributed by atoms with Crippen molar-refractivity contribution in [1.82, 2.24) is 28.6 Å². The van der Waals surface area contributed by atoms with Crippen molar-refractivity contribution in [2.24, 2.45) is 14.1 Å². The number of imidazole rings is 1. The van der Waals surface area contributed by atoms with Gasteiger partial charge in [-0.05, 0) is 30.5 Å². The predicted molar refractivity (Wildman–Crippen MR) is 138 cm³/mol. The molecular weight excluding hydrogens is 460 g/mol. The van der Waals surface area contributed by atoms with Crippen LogP contribution in [0.1, 0.15) is 12.8 Å². The number of carbonyl (C=O) groups excluding carboxylic acids is 1. The van der Waals surface area contributed by atoms with Gasteiger partial charge in [0, 0.05) is 46.8 Å². The number of anilines is 2. The number of hydrogen-bond donors (Lipinski definition) is 1. The summed E-state index contributed by atoms with van der Waals surface area (Å²) >= 11 is 0. The van der Waals surface area contributed by atoms with Gasteiger partial charge in [-0.3, -0.25) is 23.6 Å². The first kappa shape index (κ1) is 23.7. The number of piperazine rings is 1. The first-order valence-corrected chi connectivity index (χ1v) is 12.1. The number of pyridine rings is 1. The van der Waals surface area contributed by atoms with Crippen molar-refractivity contribution in [1.29, 1.82) is 0 Å². The highest BCUT2D eigenvalue weighted by atomic mass is 16.2. The summed E-state index contributed by atoms with van der Waals surface area (Å²) < 4.78 is 3.73. The van der Waals surface area contributed by atoms with Crippen molar-refractivity contribution >= 4 is 28.6 Å². The van der Waals surface area contributed by atoms with Gasteiger partial charge in [0.25, 0.3) is 5.56 Å². The van der Waals surface area contributed by atoms with E-state index in [-0.39, 0.29) is 23.6 Å². The van der Waals surface area contributed by atoms with E-state index in [0.717, 1.165) is 55.8 Å². The number of allylic oxidation sites excluding steroid dienone is 2. The van der Waals surface area contributed by atoms with Gasteiger partial charge < -0.3 is 14.8 Å². The molecule has 2 aliphatic rings. The zero-order valence-electron chi connectivity index (χ0n) is 20.6. The number of nitrogens with zero attached hydrogens (tertiary/aromatic N) is 7. The second kappa shape index (κ2) is 9.94. The third-order valence-corrected chi connectivity index (χ3v) is 6.76. The number of nitrogens with one attached hydrogen (secondary N) is 1. The Labute approximate surface area is 208 Å². The summed E-state index contributed by atoms with van der Waals surface area (Å²) in [7, 11) is 2.94. The van der Waals surface area contributed by atoms with E-state index < -0.39 is 11.2 Å². The fourth-order valence-electron chi connectivity index (χ4n) is 4.71. The molecule has 3 aromatic heterocycles. The van der Waals surface area contributed by atoms with Crippen LogP contribution in [0.4, 0.5) is 11.5 Å². The third-order valence-electron chi connectivity index (χ3n) is 6.76. The van der Waals surface area contributed by atoms with E-state index in [2.05, 4.69) is 43.3 Å². The average molecular weight is 491 g/mol. The lowest BCUT2D eigenvalue weighted by Gasteiger charge is -2.36. The molecule has 0 aromatic carbocycles. The molecule has 11 nitrogen and oxygen atoms in total. The van der Waals surface area contributed by atoms with E-state index in [1.165, 1.54) is 28.1 Å². The Morgan fingerprint density at radius 2 is 1.83 bits per heavy atom. The number of aromatic nitrogens is 5. The molecule has 0 saturated carbocycles. The summed E-state index contributed by atoms with van der Waals surface area (Å²) in [6.45, 7) is 4.72. The Morgan fingerprint density at radius 1 is 1.03 bits per heavy atom. The Bertz CT molecular complexity index is 1450. The highest BCUT2D eigenvalue weighted by molar-refractivity contribution is 5.90. The summed E-state index contributed by atoms with van der Waals surface area (Å²) in [6, 6.07) is 3.74. The maximum Gasteiger partial charge on any atom is 0.332 e. The lowest BCUT2D eigenvalue weighted by molar-refractivity contribution is -0.116. The molecule has 1 aliphatic carbocycles. The van der Waals surface area contributed by atoms with Crippen LogP contribution in [0.25, 0.3) is 11.2 Å². The van der Waals surface area contributed by atoms with Gasteiger partial charge in [0.15, 0.2) is 11.2 Å². The van der Waals surface area contributed by atoms with Gasteiger partial charge in [-0.25, -0.2) is 14.8 Å². The predicted octanol–water partition coefficient (Wildman–Crippen LogP) is 0.866. The minimum absolute atomic E-state index is 0.124. The lowest BCUT2D eigenvalue weighted by atomic mass is 10.1. The second-order valence-corrected chi connectivity index (χ2v) is 9.22. The Kier molecular flexibility index (Phi) is 6.55. The third kappa shape index (κ3) is 4.74. The first-order valence-electron chi connectivity index (χ1n) is 12.1. The topological polar surface area (TPSA) is 110 Å². The number of hydrogen-bond acceptors (Lipinski definition) is 7. The first-order chi connectivity index (χ1) is 17.4. The molecule has 5 rings (SSSR count). The number of rotatable bonds is 6. The van der Waals surface area contributed by atoms with E-state index in [0.29, 0.717) is 5.82 Å². The van der Waals surface area contributed by atoms with Crippen LogP contribution in [0.3, 0.4) is 0 Å². The minimum atomic E-state index is -0.493. The number of carbonyl (C=O) groups is 1. The fourth-order valence-corrected chi connectivity index (χ4v) is 4.71. The molecule has 188 valence electrons. The Morgan fingerprint density at radius 3 is 2.53 bits per heavy atom. The normalized spacial score (nSPS) is 16.4. The minimum Gasteiger partial charge on any atom is -0.368 e. The number of amides is 1. The molecule has 1 amide bonds. The van der Waals surface area contributed by atoms with Crippen LogP contribution in [0.15, 0.2) is 58.0 Å². The van der Waals surface area contributed by atoms with Crippen LogP contribution in [-0.2, 0) is 25.4 Å². The fraction of sp³-hybridized carbons (Fsp3) is 0.400. The van der Waals surface area contributed by atoms with Crippen LogP contribution in [-0.4, -0.2) is 67.2 Å². The smallest absolute Gasteiger partial charge is 0.332 e. The zero-order chi connectivity index (χ0) is 25.2. The molecule has 1 saturated heterocycles. The van der Waals surface area contributed by atoms with Gasteiger partial charge in [-0.1, -0.05) is 18.2 Å². The van der Waals surface area contributed by atoms with Crippen molar-refractivity contribution in [3.8, 4) is 0 Å². The number of fused-ring (bicyclic) bond motifs is 1. The quantitative estimate of drug-likeness (QED) is 0.546. The molecule has 0 atom stereocenters. The van der Waals surface area contributed by atoms with Gasteiger partial charge in [-0.15, -0.1) is 0 Å². The molecule has 1 fully saturated rings. The van der Waals surface area contributed by atoms with Gasteiger partial charge in [0.2, 0.25) is 5.91 Å². The molecule has 36 heavy (non-hydrogen) atoms. The average Bonchev–Trinajstić information content (AvgIpc) is 3.31. The maximum atomic E-state index is 12.7. The monoisotopic (exact) mass is 490 g/mol. The highest BCUT2D eigenvalue weighted by Crippen LogP contribution is 2.19. The summed E-state index contributed by atoms with van der Waals surface area (Å²) in [5.74, 6) is 0.0910. The molecule has 3 aromatic rings. The van der Waals surface area contributed by atoms with Gasteiger partial charge >= 0.3 is 5.69 Å². The highest BCUT2D eigenvalue weighted by Gasteiger charge is 2.19. The van der Waals surface area contributed by atoms with Crippen LogP contribution in [0.5, 0.6) is 0 Å². The molecule has 4 heterocycles. The van der Waals surface area contributed by atoms with Crippen molar-refractivity contribution in [3.05, 3.63) is 69.3 Å². The zero-order valence-corrected chi connectivity index (χ0v) is 20.6. The van der Waals surface area contributed by atoms with Crippen LogP contribution >= 0.6 is 0 Å². The van der Waals surface area contributed by atoms with Gasteiger partial charge in [0.1, 0.15) is 12.4 Å². The molecule has 1 aliphatic heterocycles. The standard InChI is InChI=1S/C25H30N8O3/c1-29-23-22(24(35)30(2)25(29)36)33(17-27-23)16-21(34)28-20-9-8-19(14-26-20)32-12-10-31(11-13-32)15-18-6-4-3-5-7-18/h4,6-9,14,17H,3,5,10-13,15-16H2,1-2H3,(H,26,28,34). The lowest BCUT2D eigenvalue weighted by Crippen LogP contribution is -2.46. The van der Waals surface area contributed by atoms with Crippen LogP contribution < -0.4 is 21.5 Å². The number of aryl methyl sites for hydroxylation is 1. The molecule has 1 N–H and O–H groups in total. The molecule has 0 unspecified atom stereocenters. The molecule has 0 bridgehead atoms. The van der Waals surface area contributed by atoms with E-state index in [1.54, 1.807) is 19.3 Å². The van der Waals surface area contributed by atoms with Crippen molar-refractivity contribution in [2.75, 3.05) is 42.9 Å². The van der Waals surface area contributed by atoms with E-state index in [4.69, 9.17) is 0 Å². The van der Waals surface area contributed by atoms with E-state index >= 15 is 0 Å². The van der Waals surface area contributed by atoms with Crippen molar-refractivity contribution < 1.29 is 4.79 Å². The van der Waals surface area contributed by atoms with Crippen LogP contribution in [0.2, 0.25) is 0 Å². The van der Waals surface area contributed by atoms with Crippen molar-refractivity contribution in [2.45, 2.75) is 19.4 Å². The molecule has 11 heteroatoms. The SMILES string of the molecule is Cn1c(=O)c2c(ncn2CC(=O)Nc2ccc(N3CCN(CC4=CCCC=C4)CC3)cn2)n(C)c1=O. The van der Waals surface area contributed by atoms with Gasteiger partial charge in [-0.2, -0.15) is 0 Å².